The van der Waals surface area contributed by atoms with E-state index in [1.165, 1.54) is 10.9 Å². The minimum Gasteiger partial charge on any atom is -0.479 e. The van der Waals surface area contributed by atoms with E-state index < -0.39 is 0 Å². The Morgan fingerprint density at radius 3 is 2.67 bits per heavy atom. The van der Waals surface area contributed by atoms with Crippen LogP contribution >= 0.6 is 7.92 Å². The third kappa shape index (κ3) is 2.21. The summed E-state index contributed by atoms with van der Waals surface area (Å²) in [5.74, 6) is 0.811. The van der Waals surface area contributed by atoms with E-state index in [1.54, 1.807) is 0 Å². The fourth-order valence-electron chi connectivity index (χ4n) is 1.83. The Morgan fingerprint density at radius 2 is 2.07 bits per heavy atom. The molecule has 0 saturated carbocycles. The average Bonchev–Trinajstić information content (AvgIpc) is 2.65. The molecule has 0 unspecified atom stereocenters. The first-order valence-electron chi connectivity index (χ1n) is 5.12. The number of nitrogens with zero attached hydrogens (tertiary/aromatic N) is 1. The summed E-state index contributed by atoms with van der Waals surface area (Å²) in [6, 6.07) is 8.79. The van der Waals surface area contributed by atoms with Crippen molar-refractivity contribution in [1.29, 1.82) is 0 Å². The normalized spacial score (nSPS) is 20.3. The standard InChI is InChI=1S/C12H16NOP/c1-9-13-11(8-14-9)10-6-4-5-7-12(10)15(2)3/h4-7,11H,8H2,1-3H3/t11-/m1/s1. The molecule has 2 nitrogen and oxygen atoms in total. The Hall–Kier alpha value is -0.880. The smallest absolute Gasteiger partial charge is 0.180 e. The highest BCUT2D eigenvalue weighted by Crippen LogP contribution is 2.31. The van der Waals surface area contributed by atoms with Gasteiger partial charge in [0.2, 0.25) is 0 Å². The van der Waals surface area contributed by atoms with E-state index in [9.17, 15) is 0 Å². The van der Waals surface area contributed by atoms with Gasteiger partial charge in [0.25, 0.3) is 0 Å². The van der Waals surface area contributed by atoms with Gasteiger partial charge in [0, 0.05) is 6.92 Å². The summed E-state index contributed by atoms with van der Waals surface area (Å²) < 4.78 is 5.41. The SMILES string of the molecule is CC1=N[C@@H](c2ccccc2P(C)C)CO1. The molecular weight excluding hydrogens is 205 g/mol. The van der Waals surface area contributed by atoms with E-state index in [0.29, 0.717) is 6.61 Å². The molecule has 1 aliphatic heterocycles. The highest BCUT2D eigenvalue weighted by Gasteiger charge is 2.21. The summed E-state index contributed by atoms with van der Waals surface area (Å²) >= 11 is 0. The van der Waals surface area contributed by atoms with Crippen molar-refractivity contribution in [3.63, 3.8) is 0 Å². The number of benzene rings is 1. The third-order valence-electron chi connectivity index (χ3n) is 2.57. The quantitative estimate of drug-likeness (QED) is 0.703. The largest absolute Gasteiger partial charge is 0.479 e. The van der Waals surface area contributed by atoms with E-state index >= 15 is 0 Å². The molecule has 1 heterocycles. The summed E-state index contributed by atoms with van der Waals surface area (Å²) in [7, 11) is -0.0716. The lowest BCUT2D eigenvalue weighted by Gasteiger charge is -2.15. The molecule has 0 aromatic heterocycles. The van der Waals surface area contributed by atoms with Crippen LogP contribution in [-0.4, -0.2) is 25.8 Å². The van der Waals surface area contributed by atoms with Gasteiger partial charge in [0.05, 0.1) is 0 Å². The number of hydrogen-bond donors (Lipinski definition) is 0. The van der Waals surface area contributed by atoms with Gasteiger partial charge in [0.1, 0.15) is 12.6 Å². The second-order valence-electron chi connectivity index (χ2n) is 3.93. The van der Waals surface area contributed by atoms with Crippen LogP contribution in [0.25, 0.3) is 0 Å². The average molecular weight is 221 g/mol. The van der Waals surface area contributed by atoms with Gasteiger partial charge in [-0.05, 0) is 24.2 Å². The Labute approximate surface area is 92.1 Å². The van der Waals surface area contributed by atoms with Gasteiger partial charge in [-0.25, -0.2) is 4.99 Å². The predicted molar refractivity (Wildman–Crippen MR) is 66.6 cm³/mol. The number of ether oxygens (including phenoxy) is 1. The van der Waals surface area contributed by atoms with Crippen LogP contribution in [0.15, 0.2) is 29.3 Å². The molecule has 15 heavy (non-hydrogen) atoms. The lowest BCUT2D eigenvalue weighted by Crippen LogP contribution is -2.11. The van der Waals surface area contributed by atoms with Crippen molar-refractivity contribution in [1.82, 2.24) is 0 Å². The monoisotopic (exact) mass is 221 g/mol. The van der Waals surface area contributed by atoms with Gasteiger partial charge in [-0.2, -0.15) is 0 Å². The van der Waals surface area contributed by atoms with Crippen molar-refractivity contribution in [2.75, 3.05) is 19.9 Å². The molecular formula is C12H16NOP. The zero-order valence-corrected chi connectivity index (χ0v) is 10.3. The topological polar surface area (TPSA) is 21.6 Å². The molecule has 2 rings (SSSR count). The second-order valence-corrected chi connectivity index (χ2v) is 6.20. The zero-order valence-electron chi connectivity index (χ0n) is 9.40. The van der Waals surface area contributed by atoms with E-state index in [-0.39, 0.29) is 14.0 Å². The van der Waals surface area contributed by atoms with Crippen LogP contribution in [-0.2, 0) is 4.74 Å². The van der Waals surface area contributed by atoms with Crippen LogP contribution in [0.5, 0.6) is 0 Å². The molecule has 80 valence electrons. The maximum Gasteiger partial charge on any atom is 0.180 e. The Bertz CT molecular complexity index is 387. The minimum absolute atomic E-state index is 0.0716. The molecule has 0 saturated heterocycles. The molecule has 0 spiro atoms. The molecule has 0 radical (unpaired) electrons. The summed E-state index contributed by atoms with van der Waals surface area (Å²) in [5.41, 5.74) is 1.34. The van der Waals surface area contributed by atoms with Gasteiger partial charge in [-0.1, -0.05) is 32.2 Å². The third-order valence-corrected chi connectivity index (χ3v) is 3.94. The highest BCUT2D eigenvalue weighted by molar-refractivity contribution is 7.64. The molecule has 0 bridgehead atoms. The van der Waals surface area contributed by atoms with E-state index in [4.69, 9.17) is 4.74 Å². The van der Waals surface area contributed by atoms with Crippen molar-refractivity contribution in [3.05, 3.63) is 29.8 Å². The molecule has 0 fully saturated rings. The molecule has 1 aromatic carbocycles. The minimum atomic E-state index is -0.0716. The Morgan fingerprint density at radius 1 is 1.33 bits per heavy atom. The van der Waals surface area contributed by atoms with Crippen molar-refractivity contribution >= 4 is 19.1 Å². The summed E-state index contributed by atoms with van der Waals surface area (Å²) in [4.78, 5) is 4.51. The first kappa shape index (κ1) is 10.6. The molecule has 1 aromatic rings. The first-order chi connectivity index (χ1) is 7.18. The maximum atomic E-state index is 5.41. The van der Waals surface area contributed by atoms with Crippen LogP contribution in [0.4, 0.5) is 0 Å². The van der Waals surface area contributed by atoms with Crippen molar-refractivity contribution in [2.45, 2.75) is 13.0 Å². The molecule has 0 amide bonds. The number of aliphatic imine (C=N–C) groups is 1. The van der Waals surface area contributed by atoms with E-state index in [0.717, 1.165) is 5.90 Å². The Kier molecular flexibility index (Phi) is 3.06. The number of hydrogen-bond acceptors (Lipinski definition) is 2. The maximum absolute atomic E-state index is 5.41. The summed E-state index contributed by atoms with van der Waals surface area (Å²) in [5, 5.41) is 1.44. The van der Waals surface area contributed by atoms with E-state index in [1.807, 2.05) is 6.92 Å². The molecule has 1 aliphatic rings. The van der Waals surface area contributed by atoms with Crippen LogP contribution in [0.2, 0.25) is 0 Å². The van der Waals surface area contributed by atoms with Gasteiger partial charge in [-0.15, -0.1) is 0 Å². The molecule has 0 N–H and O–H groups in total. The van der Waals surface area contributed by atoms with Crippen molar-refractivity contribution < 1.29 is 4.74 Å². The summed E-state index contributed by atoms with van der Waals surface area (Å²) in [6.07, 6.45) is 0. The van der Waals surface area contributed by atoms with Crippen LogP contribution in [0.3, 0.4) is 0 Å². The van der Waals surface area contributed by atoms with Crippen molar-refractivity contribution in [3.8, 4) is 0 Å². The lowest BCUT2D eigenvalue weighted by molar-refractivity contribution is 0.317. The van der Waals surface area contributed by atoms with Gasteiger partial charge in [0.15, 0.2) is 5.90 Å². The Balaban J connectivity index is 2.35. The van der Waals surface area contributed by atoms with E-state index in [2.05, 4.69) is 42.6 Å². The predicted octanol–water partition coefficient (Wildman–Crippen LogP) is 2.54. The second kappa shape index (κ2) is 4.32. The van der Waals surface area contributed by atoms with Crippen LogP contribution in [0.1, 0.15) is 18.5 Å². The van der Waals surface area contributed by atoms with Crippen LogP contribution in [0, 0.1) is 0 Å². The number of rotatable bonds is 2. The first-order valence-corrected chi connectivity index (χ1v) is 7.35. The fourth-order valence-corrected chi connectivity index (χ4v) is 2.95. The van der Waals surface area contributed by atoms with Gasteiger partial charge < -0.3 is 4.74 Å². The van der Waals surface area contributed by atoms with Gasteiger partial charge in [-0.3, -0.25) is 0 Å². The molecule has 3 heteroatoms. The van der Waals surface area contributed by atoms with Gasteiger partial charge >= 0.3 is 0 Å². The molecule has 1 atom stereocenters. The molecule has 0 aliphatic carbocycles. The van der Waals surface area contributed by atoms with Crippen molar-refractivity contribution in [2.24, 2.45) is 4.99 Å². The lowest BCUT2D eigenvalue weighted by atomic mass is 10.1. The highest BCUT2D eigenvalue weighted by atomic mass is 31.1. The summed E-state index contributed by atoms with van der Waals surface area (Å²) in [6.45, 7) is 7.18. The fraction of sp³-hybridized carbons (Fsp3) is 0.417. The zero-order chi connectivity index (χ0) is 10.8. The van der Waals surface area contributed by atoms with Crippen LogP contribution < -0.4 is 5.30 Å².